The molecule has 9 nitrogen and oxygen atoms in total. The number of carbonyl (C=O) groups is 2. The number of nitro groups is 1. The van der Waals surface area contributed by atoms with Crippen LogP contribution in [0.15, 0.2) is 88.4 Å². The summed E-state index contributed by atoms with van der Waals surface area (Å²) in [5, 5.41) is 14.7. The van der Waals surface area contributed by atoms with Crippen molar-refractivity contribution in [2.24, 2.45) is 0 Å². The van der Waals surface area contributed by atoms with Crippen LogP contribution in [0.25, 0.3) is 11.4 Å². The third-order valence-electron chi connectivity index (χ3n) is 5.56. The highest BCUT2D eigenvalue weighted by molar-refractivity contribution is 6.10. The van der Waals surface area contributed by atoms with Gasteiger partial charge in [-0.1, -0.05) is 60.7 Å². The maximum atomic E-state index is 13.4. The lowest BCUT2D eigenvalue weighted by Crippen LogP contribution is -2.33. The van der Waals surface area contributed by atoms with Gasteiger partial charge in [0.25, 0.3) is 0 Å². The van der Waals surface area contributed by atoms with Crippen LogP contribution in [0.5, 0.6) is 0 Å². The summed E-state index contributed by atoms with van der Waals surface area (Å²) < 4.78 is 16.3. The van der Waals surface area contributed by atoms with Gasteiger partial charge >= 0.3 is 17.8 Å². The molecular formula is C27H24N2O7. The first-order valence-electron chi connectivity index (χ1n) is 11.4. The van der Waals surface area contributed by atoms with Gasteiger partial charge in [0.1, 0.15) is 10.7 Å². The minimum Gasteiger partial charge on any atom is -0.463 e. The van der Waals surface area contributed by atoms with E-state index in [1.54, 1.807) is 38.1 Å². The summed E-state index contributed by atoms with van der Waals surface area (Å²) in [6.45, 7) is 3.50. The molecule has 4 rings (SSSR count). The first kappa shape index (κ1) is 24.5. The Morgan fingerprint density at radius 2 is 1.31 bits per heavy atom. The number of benzene rings is 2. The second kappa shape index (κ2) is 10.7. The first-order valence-corrected chi connectivity index (χ1v) is 11.4. The molecule has 1 aliphatic rings. The van der Waals surface area contributed by atoms with Crippen molar-refractivity contribution >= 4 is 29.2 Å². The van der Waals surface area contributed by atoms with E-state index in [0.29, 0.717) is 22.5 Å². The summed E-state index contributed by atoms with van der Waals surface area (Å²) in [6.07, 6.45) is 0. The fourth-order valence-corrected chi connectivity index (χ4v) is 4.10. The Hall–Kier alpha value is -4.66. The van der Waals surface area contributed by atoms with E-state index in [0.717, 1.165) is 0 Å². The predicted molar refractivity (Wildman–Crippen MR) is 131 cm³/mol. The van der Waals surface area contributed by atoms with E-state index >= 15 is 0 Å². The summed E-state index contributed by atoms with van der Waals surface area (Å²) in [6, 6.07) is 20.7. The summed E-state index contributed by atoms with van der Waals surface area (Å²) in [7, 11) is 0. The van der Waals surface area contributed by atoms with Gasteiger partial charge in [0.15, 0.2) is 0 Å². The van der Waals surface area contributed by atoms with Crippen molar-refractivity contribution in [1.29, 1.82) is 0 Å². The van der Waals surface area contributed by atoms with Crippen LogP contribution in [0.1, 0.15) is 36.7 Å². The second-order valence-corrected chi connectivity index (χ2v) is 7.74. The molecular weight excluding hydrogens is 464 g/mol. The fourth-order valence-electron chi connectivity index (χ4n) is 4.10. The van der Waals surface area contributed by atoms with E-state index in [2.05, 4.69) is 5.32 Å². The number of dihydropyridines is 1. The Kier molecular flexibility index (Phi) is 7.29. The Bertz CT molecular complexity index is 1260. The fraction of sp³-hybridized carbons (Fsp3) is 0.185. The molecule has 3 aromatic rings. The van der Waals surface area contributed by atoms with E-state index in [1.807, 2.05) is 36.4 Å². The van der Waals surface area contributed by atoms with Crippen LogP contribution in [0.4, 0.5) is 5.88 Å². The highest BCUT2D eigenvalue weighted by atomic mass is 16.6. The topological polar surface area (TPSA) is 121 Å². The molecule has 0 atom stereocenters. The maximum absolute atomic E-state index is 13.4. The molecule has 1 aromatic heterocycles. The third kappa shape index (κ3) is 4.76. The number of rotatable bonds is 8. The van der Waals surface area contributed by atoms with E-state index in [-0.39, 0.29) is 30.1 Å². The van der Waals surface area contributed by atoms with Gasteiger partial charge in [-0.25, -0.2) is 9.59 Å². The van der Waals surface area contributed by atoms with Crippen LogP contribution in [0.2, 0.25) is 0 Å². The normalized spacial score (nSPS) is 13.8. The summed E-state index contributed by atoms with van der Waals surface area (Å²) >= 11 is 0. The lowest BCUT2D eigenvalue weighted by atomic mass is 9.80. The maximum Gasteiger partial charge on any atom is 0.433 e. The molecule has 2 heterocycles. The molecule has 0 spiro atoms. The molecule has 0 bridgehead atoms. The number of nitrogens with zero attached hydrogens (tertiary/aromatic N) is 1. The molecule has 1 N–H and O–H groups in total. The molecule has 1 aliphatic heterocycles. The Labute approximate surface area is 207 Å². The Morgan fingerprint density at radius 3 is 1.69 bits per heavy atom. The van der Waals surface area contributed by atoms with Crippen molar-refractivity contribution < 1.29 is 28.4 Å². The second-order valence-electron chi connectivity index (χ2n) is 7.74. The van der Waals surface area contributed by atoms with E-state index < -0.39 is 28.7 Å². The van der Waals surface area contributed by atoms with Crippen LogP contribution < -0.4 is 5.32 Å². The van der Waals surface area contributed by atoms with Crippen molar-refractivity contribution in [2.45, 2.75) is 19.8 Å². The van der Waals surface area contributed by atoms with Crippen LogP contribution in [-0.4, -0.2) is 30.1 Å². The van der Waals surface area contributed by atoms with Crippen LogP contribution in [0.3, 0.4) is 0 Å². The quantitative estimate of drug-likeness (QED) is 0.272. The highest BCUT2D eigenvalue weighted by Crippen LogP contribution is 2.45. The van der Waals surface area contributed by atoms with Gasteiger partial charge in [-0.2, -0.15) is 0 Å². The van der Waals surface area contributed by atoms with E-state index in [1.165, 1.54) is 12.1 Å². The number of hydrogen-bond acceptors (Lipinski definition) is 8. The minimum atomic E-state index is -1.14. The molecule has 0 radical (unpaired) electrons. The number of ether oxygens (including phenoxy) is 2. The van der Waals surface area contributed by atoms with Crippen molar-refractivity contribution in [3.8, 4) is 0 Å². The first-order chi connectivity index (χ1) is 17.5. The Morgan fingerprint density at radius 1 is 0.833 bits per heavy atom. The number of furan rings is 1. The molecule has 36 heavy (non-hydrogen) atoms. The lowest BCUT2D eigenvalue weighted by Gasteiger charge is -2.31. The van der Waals surface area contributed by atoms with Crippen molar-refractivity contribution in [3.63, 3.8) is 0 Å². The van der Waals surface area contributed by atoms with E-state index in [4.69, 9.17) is 13.9 Å². The zero-order valence-corrected chi connectivity index (χ0v) is 19.7. The molecule has 0 fully saturated rings. The van der Waals surface area contributed by atoms with Gasteiger partial charge in [0, 0.05) is 0 Å². The van der Waals surface area contributed by atoms with Gasteiger partial charge in [-0.15, -0.1) is 0 Å². The molecule has 0 saturated carbocycles. The Balaban J connectivity index is 2.07. The molecule has 0 unspecified atom stereocenters. The number of hydrogen-bond donors (Lipinski definition) is 1. The minimum absolute atomic E-state index is 0.0381. The molecule has 0 saturated heterocycles. The number of carbonyl (C=O) groups excluding carboxylic acids is 2. The van der Waals surface area contributed by atoms with Crippen LogP contribution in [-0.2, 0) is 19.1 Å². The molecule has 184 valence electrons. The van der Waals surface area contributed by atoms with Gasteiger partial charge < -0.3 is 19.2 Å². The van der Waals surface area contributed by atoms with Gasteiger partial charge in [-0.3, -0.25) is 10.1 Å². The zero-order valence-electron chi connectivity index (χ0n) is 19.7. The number of nitrogens with one attached hydrogen (secondary N) is 1. The molecule has 0 amide bonds. The third-order valence-corrected chi connectivity index (χ3v) is 5.56. The summed E-state index contributed by atoms with van der Waals surface area (Å²) in [5.74, 6) is -3.00. The molecule has 2 aromatic carbocycles. The largest absolute Gasteiger partial charge is 0.463 e. The number of esters is 2. The van der Waals surface area contributed by atoms with Crippen molar-refractivity contribution in [3.05, 3.63) is 111 Å². The highest BCUT2D eigenvalue weighted by Gasteiger charge is 2.43. The molecule has 9 heteroatoms. The SMILES string of the molecule is CCOC(=O)C1=C(c2ccccc2)NC(c2ccccc2)=C(C(=O)OCC)C1c1ccc([N+](=O)[O-])o1. The average molecular weight is 488 g/mol. The summed E-state index contributed by atoms with van der Waals surface area (Å²) in [4.78, 5) is 37.5. The molecule has 0 aliphatic carbocycles. The smallest absolute Gasteiger partial charge is 0.433 e. The predicted octanol–water partition coefficient (Wildman–Crippen LogP) is 4.82. The van der Waals surface area contributed by atoms with Crippen molar-refractivity contribution in [2.75, 3.05) is 13.2 Å². The van der Waals surface area contributed by atoms with Gasteiger partial charge in [-0.05, 0) is 31.0 Å². The average Bonchev–Trinajstić information content (AvgIpc) is 3.39. The van der Waals surface area contributed by atoms with Crippen LogP contribution >= 0.6 is 0 Å². The summed E-state index contributed by atoms with van der Waals surface area (Å²) in [5.41, 5.74) is 2.26. The monoisotopic (exact) mass is 488 g/mol. The van der Waals surface area contributed by atoms with Crippen molar-refractivity contribution in [1.82, 2.24) is 5.32 Å². The lowest BCUT2D eigenvalue weighted by molar-refractivity contribution is -0.402. The van der Waals surface area contributed by atoms with Gasteiger partial charge in [0.05, 0.1) is 47.7 Å². The van der Waals surface area contributed by atoms with E-state index in [9.17, 15) is 19.7 Å². The van der Waals surface area contributed by atoms with Gasteiger partial charge in [0.2, 0.25) is 0 Å². The zero-order chi connectivity index (χ0) is 25.7. The standard InChI is InChI=1S/C27H24N2O7/c1-3-34-26(30)22-21(19-15-16-20(36-19)29(32)33)23(27(31)35-4-2)25(18-13-9-6-10-14-18)28-24(22)17-11-7-5-8-12-17/h5-16,21,28H,3-4H2,1-2H3. The van der Waals surface area contributed by atoms with Crippen LogP contribution in [0, 0.1) is 10.1 Å².